The first-order chi connectivity index (χ1) is 15.2. The van der Waals surface area contributed by atoms with Crippen LogP contribution in [-0.4, -0.2) is 11.0 Å². The maximum absolute atomic E-state index is 12.6. The van der Waals surface area contributed by atoms with Crippen molar-refractivity contribution in [3.63, 3.8) is 0 Å². The van der Waals surface area contributed by atoms with E-state index in [9.17, 15) is 4.79 Å². The number of amides is 2. The van der Waals surface area contributed by atoms with Crippen LogP contribution in [0.25, 0.3) is 0 Å². The van der Waals surface area contributed by atoms with Gasteiger partial charge in [-0.05, 0) is 54.6 Å². The molecule has 0 radical (unpaired) electrons. The van der Waals surface area contributed by atoms with E-state index in [2.05, 4.69) is 10.6 Å². The Kier molecular flexibility index (Phi) is 7.14. The summed E-state index contributed by atoms with van der Waals surface area (Å²) in [5.41, 5.74) is 1.25. The average Bonchev–Trinajstić information content (AvgIpc) is 2.77. The fraction of sp³-hybridized carbons (Fsp3) is 0. The van der Waals surface area contributed by atoms with Crippen LogP contribution in [0.15, 0.2) is 117 Å². The van der Waals surface area contributed by atoms with E-state index < -0.39 is 0 Å². The summed E-state index contributed by atoms with van der Waals surface area (Å²) >= 11 is 9.08. The Balaban J connectivity index is 1.56. The van der Waals surface area contributed by atoms with Gasteiger partial charge in [-0.15, -0.1) is 0 Å². The molecule has 0 aliphatic carbocycles. The molecule has 1 aromatic heterocycles. The molecule has 0 fully saturated rings. The maximum Gasteiger partial charge on any atom is 0.323 e. The second kappa shape index (κ2) is 10.4. The number of carbonyl (C=O) groups excluding carboxylic acids is 1. The molecule has 2 N–H and O–H groups in total. The lowest BCUT2D eigenvalue weighted by molar-refractivity contribution is 0.262. The van der Waals surface area contributed by atoms with Crippen molar-refractivity contribution in [1.29, 1.82) is 0 Å². The molecular formula is C24H18ClN3OS2. The summed E-state index contributed by atoms with van der Waals surface area (Å²) in [5.74, 6) is 0. The predicted molar refractivity (Wildman–Crippen MR) is 129 cm³/mol. The van der Waals surface area contributed by atoms with E-state index in [-0.39, 0.29) is 6.03 Å². The molecule has 0 spiro atoms. The third-order valence-corrected chi connectivity index (χ3v) is 6.28. The molecule has 0 unspecified atom stereocenters. The van der Waals surface area contributed by atoms with Gasteiger partial charge < -0.3 is 10.6 Å². The number of rotatable bonds is 6. The van der Waals surface area contributed by atoms with E-state index in [0.717, 1.165) is 14.8 Å². The second-order valence-electron chi connectivity index (χ2n) is 6.42. The van der Waals surface area contributed by atoms with Crippen LogP contribution in [0, 0.1) is 0 Å². The Hall–Kier alpha value is -2.93. The van der Waals surface area contributed by atoms with Gasteiger partial charge in [0.05, 0.1) is 5.69 Å². The van der Waals surface area contributed by atoms with Crippen molar-refractivity contribution in [2.24, 2.45) is 0 Å². The molecule has 4 nitrogen and oxygen atoms in total. The summed E-state index contributed by atoms with van der Waals surface area (Å²) in [5, 5.41) is 7.83. The Labute approximate surface area is 194 Å². The molecule has 0 aliphatic heterocycles. The number of urea groups is 1. The number of halogens is 1. The van der Waals surface area contributed by atoms with Crippen molar-refractivity contribution in [1.82, 2.24) is 4.98 Å². The Morgan fingerprint density at radius 2 is 1.42 bits per heavy atom. The third kappa shape index (κ3) is 6.28. The Morgan fingerprint density at radius 3 is 2.10 bits per heavy atom. The highest BCUT2D eigenvalue weighted by Crippen LogP contribution is 2.35. The minimum Gasteiger partial charge on any atom is -0.308 e. The lowest BCUT2D eigenvalue weighted by Gasteiger charge is -2.13. The summed E-state index contributed by atoms with van der Waals surface area (Å²) in [7, 11) is 0. The van der Waals surface area contributed by atoms with E-state index >= 15 is 0 Å². The highest BCUT2D eigenvalue weighted by molar-refractivity contribution is 8.00. The van der Waals surface area contributed by atoms with Crippen LogP contribution >= 0.6 is 35.1 Å². The van der Waals surface area contributed by atoms with Crippen LogP contribution < -0.4 is 10.6 Å². The molecule has 0 atom stereocenters. The van der Waals surface area contributed by atoms with Gasteiger partial charge in [0, 0.05) is 20.5 Å². The Bertz CT molecular complexity index is 1170. The molecule has 0 aliphatic rings. The van der Waals surface area contributed by atoms with Gasteiger partial charge in [0.2, 0.25) is 0 Å². The standard InChI is InChI=1S/C24H18ClN3OS2/c25-17-8-7-9-18(16-17)26-24(29)27-21-14-15-22(30-19-10-3-1-4-11-19)28-23(21)31-20-12-5-2-6-13-20/h1-16H,(H2,26,27,29). The Morgan fingerprint density at radius 1 is 0.742 bits per heavy atom. The zero-order valence-electron chi connectivity index (χ0n) is 16.3. The molecule has 31 heavy (non-hydrogen) atoms. The first-order valence-corrected chi connectivity index (χ1v) is 11.5. The molecular weight excluding hydrogens is 446 g/mol. The molecule has 2 amide bonds. The largest absolute Gasteiger partial charge is 0.323 e. The quantitative estimate of drug-likeness (QED) is 0.308. The topological polar surface area (TPSA) is 54.0 Å². The maximum atomic E-state index is 12.6. The lowest BCUT2D eigenvalue weighted by atomic mass is 10.3. The number of nitrogens with zero attached hydrogens (tertiary/aromatic N) is 1. The van der Waals surface area contributed by atoms with Gasteiger partial charge in [-0.1, -0.05) is 77.6 Å². The van der Waals surface area contributed by atoms with Gasteiger partial charge in [0.1, 0.15) is 10.1 Å². The number of anilines is 2. The lowest BCUT2D eigenvalue weighted by Crippen LogP contribution is -2.20. The molecule has 3 aromatic carbocycles. The van der Waals surface area contributed by atoms with Gasteiger partial charge in [0.15, 0.2) is 0 Å². The molecule has 4 rings (SSSR count). The number of hydrogen-bond acceptors (Lipinski definition) is 4. The predicted octanol–water partition coefficient (Wildman–Crippen LogP) is 7.68. The van der Waals surface area contributed by atoms with Gasteiger partial charge in [0.25, 0.3) is 0 Å². The van der Waals surface area contributed by atoms with Gasteiger partial charge >= 0.3 is 6.03 Å². The SMILES string of the molecule is O=C(Nc1cccc(Cl)c1)Nc1ccc(Sc2ccccc2)nc1Sc1ccccc1. The molecule has 0 bridgehead atoms. The molecule has 1 heterocycles. The van der Waals surface area contributed by atoms with Crippen LogP contribution in [0.2, 0.25) is 5.02 Å². The van der Waals surface area contributed by atoms with Crippen molar-refractivity contribution in [2.75, 3.05) is 10.6 Å². The minimum atomic E-state index is -0.359. The summed E-state index contributed by atoms with van der Waals surface area (Å²) in [6.45, 7) is 0. The van der Waals surface area contributed by atoms with Crippen LogP contribution in [0.3, 0.4) is 0 Å². The number of carbonyl (C=O) groups is 1. The third-order valence-electron chi connectivity index (χ3n) is 4.09. The van der Waals surface area contributed by atoms with Gasteiger partial charge in [-0.25, -0.2) is 9.78 Å². The van der Waals surface area contributed by atoms with Gasteiger partial charge in [-0.2, -0.15) is 0 Å². The molecule has 7 heteroatoms. The van der Waals surface area contributed by atoms with Crippen molar-refractivity contribution in [3.8, 4) is 0 Å². The molecule has 0 saturated carbocycles. The highest BCUT2D eigenvalue weighted by atomic mass is 35.5. The summed E-state index contributed by atoms with van der Waals surface area (Å²) in [6.07, 6.45) is 0. The van der Waals surface area contributed by atoms with Crippen molar-refractivity contribution >= 4 is 52.5 Å². The normalized spacial score (nSPS) is 10.5. The van der Waals surface area contributed by atoms with Crippen molar-refractivity contribution in [3.05, 3.63) is 102 Å². The fourth-order valence-electron chi connectivity index (χ4n) is 2.71. The molecule has 154 valence electrons. The zero-order valence-corrected chi connectivity index (χ0v) is 18.7. The number of hydrogen-bond donors (Lipinski definition) is 2. The first kappa shape index (κ1) is 21.3. The van der Waals surface area contributed by atoms with E-state index in [1.54, 1.807) is 36.0 Å². The van der Waals surface area contributed by atoms with Crippen LogP contribution in [0.1, 0.15) is 0 Å². The fourth-order valence-corrected chi connectivity index (χ4v) is 4.66. The second-order valence-corrected chi connectivity index (χ2v) is 9.01. The number of nitrogens with one attached hydrogen (secondary N) is 2. The monoisotopic (exact) mass is 463 g/mol. The highest BCUT2D eigenvalue weighted by Gasteiger charge is 2.12. The first-order valence-electron chi connectivity index (χ1n) is 9.46. The van der Waals surface area contributed by atoms with Crippen molar-refractivity contribution in [2.45, 2.75) is 19.8 Å². The van der Waals surface area contributed by atoms with Crippen LogP contribution in [0.4, 0.5) is 16.2 Å². The smallest absolute Gasteiger partial charge is 0.308 e. The summed E-state index contributed by atoms with van der Waals surface area (Å²) < 4.78 is 0. The zero-order chi connectivity index (χ0) is 21.5. The van der Waals surface area contributed by atoms with Crippen LogP contribution in [0.5, 0.6) is 0 Å². The van der Waals surface area contributed by atoms with E-state index in [0.29, 0.717) is 21.4 Å². The molecule has 0 saturated heterocycles. The average molecular weight is 464 g/mol. The number of benzene rings is 3. The van der Waals surface area contributed by atoms with Crippen molar-refractivity contribution < 1.29 is 4.79 Å². The number of aromatic nitrogens is 1. The minimum absolute atomic E-state index is 0.359. The summed E-state index contributed by atoms with van der Waals surface area (Å²) in [6, 6.07) is 30.4. The van der Waals surface area contributed by atoms with E-state index in [1.165, 1.54) is 11.8 Å². The van der Waals surface area contributed by atoms with E-state index in [1.807, 2.05) is 72.8 Å². The van der Waals surface area contributed by atoms with E-state index in [4.69, 9.17) is 16.6 Å². The molecule has 4 aromatic rings. The van der Waals surface area contributed by atoms with Crippen LogP contribution in [-0.2, 0) is 0 Å². The number of pyridine rings is 1. The summed E-state index contributed by atoms with van der Waals surface area (Å²) in [4.78, 5) is 19.5. The van der Waals surface area contributed by atoms with Gasteiger partial charge in [-0.3, -0.25) is 0 Å².